The molecule has 5 heteroatoms. The van der Waals surface area contributed by atoms with Crippen molar-refractivity contribution in [3.63, 3.8) is 0 Å². The fourth-order valence-corrected chi connectivity index (χ4v) is 1.82. The van der Waals surface area contributed by atoms with E-state index in [-0.39, 0.29) is 17.6 Å². The lowest BCUT2D eigenvalue weighted by Crippen LogP contribution is -2.54. The monoisotopic (exact) mass is 267 g/mol. The third-order valence-electron chi connectivity index (χ3n) is 2.99. The molecule has 0 aromatic carbocycles. The molecule has 1 rings (SSSR count). The summed E-state index contributed by atoms with van der Waals surface area (Å²) in [5.74, 6) is 0. The highest BCUT2D eigenvalue weighted by Gasteiger charge is 2.32. The van der Waals surface area contributed by atoms with Crippen molar-refractivity contribution in [2.24, 2.45) is 5.41 Å². The van der Waals surface area contributed by atoms with Gasteiger partial charge in [0.05, 0.1) is 11.5 Å². The summed E-state index contributed by atoms with van der Waals surface area (Å²) < 4.78 is 5.20. The van der Waals surface area contributed by atoms with Crippen molar-refractivity contribution in [1.29, 1.82) is 5.26 Å². The minimum Gasteiger partial charge on any atom is -0.444 e. The Labute approximate surface area is 115 Å². The zero-order chi connectivity index (χ0) is 14.7. The minimum absolute atomic E-state index is 0.178. The second-order valence-electron chi connectivity index (χ2n) is 6.89. The van der Waals surface area contributed by atoms with Crippen LogP contribution in [0.2, 0.25) is 0 Å². The smallest absolute Gasteiger partial charge is 0.407 e. The molecular formula is C14H25N3O2. The van der Waals surface area contributed by atoms with Crippen LogP contribution in [0.4, 0.5) is 4.79 Å². The summed E-state index contributed by atoms with van der Waals surface area (Å²) in [4.78, 5) is 11.5. The van der Waals surface area contributed by atoms with Crippen LogP contribution in [0, 0.1) is 16.7 Å². The number of carbonyl (C=O) groups excluding carboxylic acids is 1. The first-order chi connectivity index (χ1) is 8.61. The van der Waals surface area contributed by atoms with E-state index in [1.165, 1.54) is 0 Å². The van der Waals surface area contributed by atoms with E-state index in [1.54, 1.807) is 0 Å². The van der Waals surface area contributed by atoms with Gasteiger partial charge in [0.25, 0.3) is 0 Å². The number of ether oxygens (including phenoxy) is 1. The van der Waals surface area contributed by atoms with Gasteiger partial charge in [0.2, 0.25) is 0 Å². The lowest BCUT2D eigenvalue weighted by Gasteiger charge is -2.37. The molecule has 108 valence electrons. The molecule has 5 nitrogen and oxygen atoms in total. The Morgan fingerprint density at radius 3 is 2.32 bits per heavy atom. The van der Waals surface area contributed by atoms with Gasteiger partial charge < -0.3 is 15.4 Å². The topological polar surface area (TPSA) is 74.2 Å². The number of hydrogen-bond donors (Lipinski definition) is 2. The van der Waals surface area contributed by atoms with Crippen LogP contribution >= 0.6 is 0 Å². The highest BCUT2D eigenvalue weighted by molar-refractivity contribution is 5.68. The molecule has 1 aliphatic rings. The molecule has 2 N–H and O–H groups in total. The normalized spacial score (nSPS) is 23.2. The van der Waals surface area contributed by atoms with E-state index in [2.05, 4.69) is 16.7 Å². The molecular weight excluding hydrogens is 242 g/mol. The molecule has 1 amide bonds. The zero-order valence-electron chi connectivity index (χ0n) is 12.5. The number of nitrogens with zero attached hydrogens (tertiary/aromatic N) is 1. The van der Waals surface area contributed by atoms with Crippen LogP contribution in [0.3, 0.4) is 0 Å². The zero-order valence-corrected chi connectivity index (χ0v) is 12.5. The number of nitrogens with one attached hydrogen (secondary N) is 2. The Morgan fingerprint density at radius 2 is 1.84 bits per heavy atom. The van der Waals surface area contributed by atoms with E-state index in [4.69, 9.17) is 10.00 Å². The number of rotatable bonds is 4. The molecule has 0 aliphatic heterocycles. The lowest BCUT2D eigenvalue weighted by molar-refractivity contribution is 0.0464. The van der Waals surface area contributed by atoms with Gasteiger partial charge in [-0.25, -0.2) is 4.79 Å². The van der Waals surface area contributed by atoms with Crippen LogP contribution < -0.4 is 10.6 Å². The SMILES string of the molecule is CC(C)(C#N)CNC1CC(NC(=O)OC(C)(C)C)C1. The van der Waals surface area contributed by atoms with Crippen molar-refractivity contribution in [2.45, 2.75) is 65.1 Å². The van der Waals surface area contributed by atoms with Gasteiger partial charge in [0.15, 0.2) is 0 Å². The van der Waals surface area contributed by atoms with Crippen molar-refractivity contribution >= 4 is 6.09 Å². The molecule has 0 unspecified atom stereocenters. The average Bonchev–Trinajstić information content (AvgIpc) is 2.18. The Kier molecular flexibility index (Phi) is 4.81. The number of nitriles is 1. The third kappa shape index (κ3) is 5.93. The van der Waals surface area contributed by atoms with Crippen LogP contribution in [0.5, 0.6) is 0 Å². The molecule has 1 aliphatic carbocycles. The summed E-state index contributed by atoms with van der Waals surface area (Å²) in [7, 11) is 0. The van der Waals surface area contributed by atoms with E-state index >= 15 is 0 Å². The molecule has 1 fully saturated rings. The van der Waals surface area contributed by atoms with Gasteiger partial charge in [0, 0.05) is 18.6 Å². The Hall–Kier alpha value is -1.28. The standard InChI is InChI=1S/C14H25N3O2/c1-13(2,3)19-12(18)17-11-6-10(7-11)16-9-14(4,5)8-15/h10-11,16H,6-7,9H2,1-5H3,(H,17,18). The van der Waals surface area contributed by atoms with Gasteiger partial charge in [-0.3, -0.25) is 0 Å². The van der Waals surface area contributed by atoms with Crippen molar-refractivity contribution in [3.8, 4) is 6.07 Å². The Bertz CT molecular complexity index is 360. The molecule has 0 radical (unpaired) electrons. The first-order valence-electron chi connectivity index (χ1n) is 6.75. The van der Waals surface area contributed by atoms with Crippen LogP contribution in [0.15, 0.2) is 0 Å². The maximum Gasteiger partial charge on any atom is 0.407 e. The van der Waals surface area contributed by atoms with Crippen molar-refractivity contribution in [3.05, 3.63) is 0 Å². The first kappa shape index (κ1) is 15.8. The van der Waals surface area contributed by atoms with Crippen molar-refractivity contribution in [2.75, 3.05) is 6.54 Å². The van der Waals surface area contributed by atoms with Crippen molar-refractivity contribution in [1.82, 2.24) is 10.6 Å². The van der Waals surface area contributed by atoms with E-state index in [1.807, 2.05) is 34.6 Å². The predicted molar refractivity (Wildman–Crippen MR) is 73.6 cm³/mol. The van der Waals surface area contributed by atoms with Gasteiger partial charge >= 0.3 is 6.09 Å². The van der Waals surface area contributed by atoms with E-state index in [9.17, 15) is 4.79 Å². The Balaban J connectivity index is 2.17. The number of amides is 1. The molecule has 0 heterocycles. The summed E-state index contributed by atoms with van der Waals surface area (Å²) in [6.07, 6.45) is 1.43. The van der Waals surface area contributed by atoms with Crippen LogP contribution in [0.1, 0.15) is 47.5 Å². The second kappa shape index (κ2) is 5.79. The van der Waals surface area contributed by atoms with E-state index < -0.39 is 5.60 Å². The molecule has 0 saturated heterocycles. The second-order valence-corrected chi connectivity index (χ2v) is 6.89. The van der Waals surface area contributed by atoms with Gasteiger partial charge in [0.1, 0.15) is 5.60 Å². The molecule has 1 saturated carbocycles. The summed E-state index contributed by atoms with van der Waals surface area (Å²) in [5, 5.41) is 15.1. The number of carbonyl (C=O) groups is 1. The minimum atomic E-state index is -0.456. The van der Waals surface area contributed by atoms with Crippen LogP contribution in [-0.2, 0) is 4.74 Å². The fraction of sp³-hybridized carbons (Fsp3) is 0.857. The summed E-state index contributed by atoms with van der Waals surface area (Å²) in [5.41, 5.74) is -0.800. The largest absolute Gasteiger partial charge is 0.444 e. The third-order valence-corrected chi connectivity index (χ3v) is 2.99. The fourth-order valence-electron chi connectivity index (χ4n) is 1.82. The maximum atomic E-state index is 11.5. The van der Waals surface area contributed by atoms with Crippen LogP contribution in [0.25, 0.3) is 0 Å². The lowest BCUT2D eigenvalue weighted by atomic mass is 9.85. The molecule has 0 atom stereocenters. The van der Waals surface area contributed by atoms with Gasteiger partial charge in [-0.2, -0.15) is 5.26 Å². The quantitative estimate of drug-likeness (QED) is 0.818. The van der Waals surface area contributed by atoms with Crippen LogP contribution in [-0.4, -0.2) is 30.3 Å². The summed E-state index contributed by atoms with van der Waals surface area (Å²) in [6.45, 7) is 10.0. The van der Waals surface area contributed by atoms with E-state index in [0.717, 1.165) is 12.8 Å². The van der Waals surface area contributed by atoms with Gasteiger partial charge in [-0.1, -0.05) is 0 Å². The highest BCUT2D eigenvalue weighted by Crippen LogP contribution is 2.22. The summed E-state index contributed by atoms with van der Waals surface area (Å²) in [6, 6.07) is 2.82. The molecule has 0 aromatic rings. The molecule has 19 heavy (non-hydrogen) atoms. The number of hydrogen-bond acceptors (Lipinski definition) is 4. The predicted octanol–water partition coefficient (Wildman–Crippen LogP) is 2.18. The molecule has 0 spiro atoms. The van der Waals surface area contributed by atoms with E-state index in [0.29, 0.717) is 12.6 Å². The Morgan fingerprint density at radius 1 is 1.26 bits per heavy atom. The van der Waals surface area contributed by atoms with Gasteiger partial charge in [-0.05, 0) is 47.5 Å². The first-order valence-corrected chi connectivity index (χ1v) is 6.75. The highest BCUT2D eigenvalue weighted by atomic mass is 16.6. The number of alkyl carbamates (subject to hydrolysis) is 1. The maximum absolute atomic E-state index is 11.5. The average molecular weight is 267 g/mol. The molecule has 0 aromatic heterocycles. The summed E-state index contributed by atoms with van der Waals surface area (Å²) >= 11 is 0. The molecule has 0 bridgehead atoms. The van der Waals surface area contributed by atoms with Gasteiger partial charge in [-0.15, -0.1) is 0 Å². The van der Waals surface area contributed by atoms with Crippen molar-refractivity contribution < 1.29 is 9.53 Å².